The summed E-state index contributed by atoms with van der Waals surface area (Å²) in [5.74, 6) is 2.36. The maximum absolute atomic E-state index is 13.8. The molecule has 0 unspecified atom stereocenters. The van der Waals surface area contributed by atoms with Crippen molar-refractivity contribution in [1.29, 1.82) is 0 Å². The Hall–Kier alpha value is -5.31. The molecule has 0 saturated carbocycles. The quantitative estimate of drug-likeness (QED) is 0.191. The monoisotopic (exact) mass is 618 g/mol. The van der Waals surface area contributed by atoms with E-state index in [1.807, 2.05) is 59.5 Å². The zero-order valence-electron chi connectivity index (χ0n) is 27.0. The lowest BCUT2D eigenvalue weighted by atomic mass is 10.0. The molecule has 1 aliphatic heterocycles. The first-order valence-electron chi connectivity index (χ1n) is 15.2. The predicted octanol–water partition coefficient (Wildman–Crippen LogP) is 6.66. The van der Waals surface area contributed by atoms with E-state index < -0.39 is 0 Å². The standard InChI is InChI=1S/C37H38N4O5/c1-23-8-7-9-28(18-23)41-17-16-40(22-24(41)2)37(42)27-10-13-29-30(19-27)39-36(26-12-15-32(44-4)34(21-26)46-6)35(38-29)25-11-14-31(43-3)33(20-25)45-5/h7-15,18-21,24H,16-17,22H2,1-6H3/t24-/m0/s1. The molecule has 6 rings (SSSR count). The number of anilines is 1. The second kappa shape index (κ2) is 13.0. The van der Waals surface area contributed by atoms with Gasteiger partial charge in [-0.25, -0.2) is 9.97 Å². The summed E-state index contributed by atoms with van der Waals surface area (Å²) < 4.78 is 22.1. The summed E-state index contributed by atoms with van der Waals surface area (Å²) in [5, 5.41) is 0. The van der Waals surface area contributed by atoms with Crippen LogP contribution < -0.4 is 23.8 Å². The minimum absolute atomic E-state index is 0.0175. The highest BCUT2D eigenvalue weighted by molar-refractivity contribution is 5.98. The number of amides is 1. The maximum Gasteiger partial charge on any atom is 0.254 e. The zero-order chi connectivity index (χ0) is 32.4. The molecular formula is C37H38N4O5. The van der Waals surface area contributed by atoms with E-state index in [1.165, 1.54) is 11.3 Å². The highest BCUT2D eigenvalue weighted by Gasteiger charge is 2.28. The van der Waals surface area contributed by atoms with Crippen LogP contribution in [0.1, 0.15) is 22.8 Å². The molecule has 0 aliphatic carbocycles. The van der Waals surface area contributed by atoms with Gasteiger partial charge < -0.3 is 28.7 Å². The minimum Gasteiger partial charge on any atom is -0.493 e. The van der Waals surface area contributed by atoms with Gasteiger partial charge in [0.15, 0.2) is 23.0 Å². The number of methoxy groups -OCH3 is 4. The van der Waals surface area contributed by atoms with E-state index in [-0.39, 0.29) is 11.9 Å². The van der Waals surface area contributed by atoms with Gasteiger partial charge >= 0.3 is 0 Å². The van der Waals surface area contributed by atoms with Crippen LogP contribution in [-0.2, 0) is 0 Å². The summed E-state index contributed by atoms with van der Waals surface area (Å²) in [7, 11) is 6.41. The van der Waals surface area contributed by atoms with E-state index in [2.05, 4.69) is 43.0 Å². The largest absolute Gasteiger partial charge is 0.493 e. The Balaban J connectivity index is 1.38. The van der Waals surface area contributed by atoms with Gasteiger partial charge in [-0.3, -0.25) is 4.79 Å². The van der Waals surface area contributed by atoms with Gasteiger partial charge in [0.25, 0.3) is 5.91 Å². The molecule has 0 spiro atoms. The van der Waals surface area contributed by atoms with Crippen molar-refractivity contribution in [2.24, 2.45) is 0 Å². The molecule has 9 nitrogen and oxygen atoms in total. The number of benzene rings is 4. The van der Waals surface area contributed by atoms with E-state index >= 15 is 0 Å². The van der Waals surface area contributed by atoms with Gasteiger partial charge in [-0.1, -0.05) is 12.1 Å². The van der Waals surface area contributed by atoms with Crippen molar-refractivity contribution >= 4 is 22.6 Å². The van der Waals surface area contributed by atoms with Gasteiger partial charge in [-0.2, -0.15) is 0 Å². The minimum atomic E-state index is -0.0175. The van der Waals surface area contributed by atoms with Crippen LogP contribution in [0, 0.1) is 6.92 Å². The molecule has 9 heteroatoms. The second-order valence-corrected chi connectivity index (χ2v) is 11.4. The molecule has 0 N–H and O–H groups in total. The van der Waals surface area contributed by atoms with Crippen molar-refractivity contribution in [3.05, 3.63) is 90.0 Å². The van der Waals surface area contributed by atoms with E-state index in [4.69, 9.17) is 28.9 Å². The molecule has 1 amide bonds. The van der Waals surface area contributed by atoms with Crippen molar-refractivity contribution in [3.63, 3.8) is 0 Å². The van der Waals surface area contributed by atoms with Gasteiger partial charge in [0, 0.05) is 48.1 Å². The number of fused-ring (bicyclic) bond motifs is 1. The van der Waals surface area contributed by atoms with Gasteiger partial charge in [0.2, 0.25) is 0 Å². The number of carbonyl (C=O) groups excluding carboxylic acids is 1. The van der Waals surface area contributed by atoms with Gasteiger partial charge in [0.1, 0.15) is 0 Å². The normalized spacial score (nSPS) is 14.7. The molecule has 1 aliphatic rings. The van der Waals surface area contributed by atoms with Crippen molar-refractivity contribution < 1.29 is 23.7 Å². The summed E-state index contributed by atoms with van der Waals surface area (Å²) in [4.78, 5) is 28.3. The van der Waals surface area contributed by atoms with Crippen molar-refractivity contribution in [2.45, 2.75) is 19.9 Å². The summed E-state index contributed by atoms with van der Waals surface area (Å²) >= 11 is 0. The highest BCUT2D eigenvalue weighted by Crippen LogP contribution is 2.39. The average molecular weight is 619 g/mol. The number of piperazine rings is 1. The van der Waals surface area contributed by atoms with E-state index in [1.54, 1.807) is 28.4 Å². The van der Waals surface area contributed by atoms with Gasteiger partial charge in [-0.05, 0) is 86.1 Å². The number of rotatable bonds is 8. The van der Waals surface area contributed by atoms with E-state index in [9.17, 15) is 4.79 Å². The van der Waals surface area contributed by atoms with Crippen LogP contribution in [0.4, 0.5) is 5.69 Å². The van der Waals surface area contributed by atoms with Crippen LogP contribution in [-0.4, -0.2) is 74.9 Å². The molecule has 0 radical (unpaired) electrons. The molecular weight excluding hydrogens is 580 g/mol. The van der Waals surface area contributed by atoms with Crippen molar-refractivity contribution in [3.8, 4) is 45.5 Å². The Kier molecular flexibility index (Phi) is 8.66. The molecule has 5 aromatic rings. The molecule has 1 aromatic heterocycles. The molecule has 1 atom stereocenters. The summed E-state index contributed by atoms with van der Waals surface area (Å²) in [6, 6.07) is 25.5. The molecule has 1 fully saturated rings. The molecule has 4 aromatic carbocycles. The fourth-order valence-electron chi connectivity index (χ4n) is 6.07. The number of aryl methyl sites for hydroxylation is 1. The topological polar surface area (TPSA) is 86.3 Å². The number of hydrogen-bond donors (Lipinski definition) is 0. The first-order valence-corrected chi connectivity index (χ1v) is 15.2. The number of aromatic nitrogens is 2. The Labute approximate surface area is 269 Å². The molecule has 2 heterocycles. The van der Waals surface area contributed by atoms with Crippen LogP contribution in [0.25, 0.3) is 33.5 Å². The molecule has 0 bridgehead atoms. The fraction of sp³-hybridized carbons (Fsp3) is 0.270. The Morgan fingerprint density at radius 2 is 1.30 bits per heavy atom. The predicted molar refractivity (Wildman–Crippen MR) is 181 cm³/mol. The summed E-state index contributed by atoms with van der Waals surface area (Å²) in [6.07, 6.45) is 0. The Morgan fingerprint density at radius 3 is 1.87 bits per heavy atom. The molecule has 236 valence electrons. The van der Waals surface area contributed by atoms with Crippen LogP contribution >= 0.6 is 0 Å². The smallest absolute Gasteiger partial charge is 0.254 e. The van der Waals surface area contributed by atoms with Crippen LogP contribution in [0.15, 0.2) is 78.9 Å². The maximum atomic E-state index is 13.8. The highest BCUT2D eigenvalue weighted by atomic mass is 16.5. The van der Waals surface area contributed by atoms with Crippen LogP contribution in [0.3, 0.4) is 0 Å². The van der Waals surface area contributed by atoms with Crippen LogP contribution in [0.2, 0.25) is 0 Å². The second-order valence-electron chi connectivity index (χ2n) is 11.4. The third-order valence-electron chi connectivity index (χ3n) is 8.47. The number of hydrogen-bond acceptors (Lipinski definition) is 8. The first-order chi connectivity index (χ1) is 22.3. The van der Waals surface area contributed by atoms with E-state index in [0.29, 0.717) is 64.1 Å². The summed E-state index contributed by atoms with van der Waals surface area (Å²) in [6.45, 7) is 6.30. The Bertz CT molecular complexity index is 1910. The zero-order valence-corrected chi connectivity index (χ0v) is 27.0. The lowest BCUT2D eigenvalue weighted by Crippen LogP contribution is -2.53. The lowest BCUT2D eigenvalue weighted by molar-refractivity contribution is 0.0726. The number of carbonyl (C=O) groups is 1. The lowest BCUT2D eigenvalue weighted by Gasteiger charge is -2.41. The average Bonchev–Trinajstić information content (AvgIpc) is 3.09. The Morgan fingerprint density at radius 1 is 0.696 bits per heavy atom. The van der Waals surface area contributed by atoms with Crippen molar-refractivity contribution in [1.82, 2.24) is 14.9 Å². The van der Waals surface area contributed by atoms with Gasteiger partial charge in [-0.15, -0.1) is 0 Å². The number of nitrogens with zero attached hydrogens (tertiary/aromatic N) is 4. The third kappa shape index (κ3) is 5.88. The number of ether oxygens (including phenoxy) is 4. The summed E-state index contributed by atoms with van der Waals surface area (Å²) in [5.41, 5.74) is 7.15. The SMILES string of the molecule is COc1ccc(-c2nc3ccc(C(=O)N4CCN(c5cccc(C)c5)[C@@H](C)C4)cc3nc2-c2ccc(OC)c(OC)c2)cc1OC. The third-order valence-corrected chi connectivity index (χ3v) is 8.47. The fourth-order valence-corrected chi connectivity index (χ4v) is 6.07. The van der Waals surface area contributed by atoms with Crippen molar-refractivity contribution in [2.75, 3.05) is 53.0 Å². The van der Waals surface area contributed by atoms with Crippen LogP contribution in [0.5, 0.6) is 23.0 Å². The molecule has 46 heavy (non-hydrogen) atoms. The van der Waals surface area contributed by atoms with E-state index in [0.717, 1.165) is 17.7 Å². The van der Waals surface area contributed by atoms with Gasteiger partial charge in [0.05, 0.1) is 50.9 Å². The molecule has 1 saturated heterocycles. The first kappa shape index (κ1) is 30.7.